The van der Waals surface area contributed by atoms with Gasteiger partial charge in [0.1, 0.15) is 0 Å². The minimum atomic E-state index is 0.0130. The summed E-state index contributed by atoms with van der Waals surface area (Å²) in [5.41, 5.74) is 0.960. The Morgan fingerprint density at radius 3 is 2.62 bits per heavy atom. The molecule has 160 valence electrons. The van der Waals surface area contributed by atoms with E-state index in [-0.39, 0.29) is 23.0 Å². The van der Waals surface area contributed by atoms with E-state index in [4.69, 9.17) is 4.42 Å². The average Bonchev–Trinajstić information content (AvgIpc) is 3.29. The molecule has 0 bridgehead atoms. The molecule has 0 atom stereocenters. The second kappa shape index (κ2) is 8.96. The highest BCUT2D eigenvalue weighted by Gasteiger charge is 2.40. The van der Waals surface area contributed by atoms with E-state index in [1.807, 2.05) is 16.8 Å². The van der Waals surface area contributed by atoms with Crippen molar-refractivity contribution >= 4 is 17.2 Å². The Balaban J connectivity index is 1.66. The van der Waals surface area contributed by atoms with E-state index in [0.29, 0.717) is 24.6 Å². The van der Waals surface area contributed by atoms with Gasteiger partial charge in [-0.15, -0.1) is 10.2 Å². The van der Waals surface area contributed by atoms with Gasteiger partial charge in [0.05, 0.1) is 0 Å². The van der Waals surface area contributed by atoms with Crippen LogP contribution < -0.4 is 5.32 Å². The number of aryl methyl sites for hydroxylation is 1. The van der Waals surface area contributed by atoms with Crippen molar-refractivity contribution in [3.05, 3.63) is 22.7 Å². The van der Waals surface area contributed by atoms with E-state index in [0.717, 1.165) is 37.8 Å². The molecule has 1 aliphatic heterocycles. The van der Waals surface area contributed by atoms with Gasteiger partial charge in [-0.3, -0.25) is 4.79 Å². The number of unbranched alkanes of at least 4 members (excludes halogenated alkanes) is 1. The summed E-state index contributed by atoms with van der Waals surface area (Å²) in [6.45, 7) is 11.9. The van der Waals surface area contributed by atoms with Crippen molar-refractivity contribution in [3.63, 3.8) is 0 Å². The van der Waals surface area contributed by atoms with Crippen LogP contribution >= 0.6 is 11.3 Å². The number of nitrogens with one attached hydrogen (secondary N) is 1. The Labute approximate surface area is 178 Å². The van der Waals surface area contributed by atoms with Gasteiger partial charge in [0, 0.05) is 47.4 Å². The summed E-state index contributed by atoms with van der Waals surface area (Å²) in [7, 11) is 0. The normalized spacial score (nSPS) is 18.7. The molecule has 2 aromatic heterocycles. The minimum absolute atomic E-state index is 0.0130. The lowest BCUT2D eigenvalue weighted by Crippen LogP contribution is -2.62. The van der Waals surface area contributed by atoms with Crippen LogP contribution in [0.25, 0.3) is 11.5 Å². The fourth-order valence-corrected chi connectivity index (χ4v) is 5.17. The highest BCUT2D eigenvalue weighted by Crippen LogP contribution is 2.32. The third-order valence-electron chi connectivity index (χ3n) is 5.47. The molecule has 6 nitrogen and oxygen atoms in total. The van der Waals surface area contributed by atoms with Crippen molar-refractivity contribution in [2.24, 2.45) is 0 Å². The number of piperidine rings is 1. The number of aromatic nitrogens is 2. The predicted octanol–water partition coefficient (Wildman–Crippen LogP) is 4.67. The molecule has 3 rings (SSSR count). The number of hydrogen-bond donors (Lipinski definition) is 1. The maximum Gasteiger partial charge on any atom is 0.248 e. The van der Waals surface area contributed by atoms with E-state index in [1.165, 1.54) is 0 Å². The number of carbonyl (C=O) groups excluding carboxylic acids is 1. The largest absolute Gasteiger partial charge is 0.421 e. The van der Waals surface area contributed by atoms with E-state index in [2.05, 4.69) is 55.0 Å². The number of hydrogen-bond acceptors (Lipinski definition) is 6. The van der Waals surface area contributed by atoms with Crippen LogP contribution in [0.15, 0.2) is 21.2 Å². The average molecular weight is 419 g/mol. The predicted molar refractivity (Wildman–Crippen MR) is 117 cm³/mol. The van der Waals surface area contributed by atoms with Crippen LogP contribution in [0.3, 0.4) is 0 Å². The van der Waals surface area contributed by atoms with E-state index in [9.17, 15) is 4.79 Å². The summed E-state index contributed by atoms with van der Waals surface area (Å²) in [6, 6.07) is 2.21. The van der Waals surface area contributed by atoms with Crippen molar-refractivity contribution in [2.75, 3.05) is 6.54 Å². The molecule has 1 N–H and O–H groups in total. The first kappa shape index (κ1) is 22.0. The number of carbonyl (C=O) groups is 1. The molecule has 3 heterocycles. The molecule has 1 amide bonds. The lowest BCUT2D eigenvalue weighted by atomic mass is 9.79. The Kier molecular flexibility index (Phi) is 6.79. The summed E-state index contributed by atoms with van der Waals surface area (Å²) < 4.78 is 5.75. The number of amides is 1. The summed E-state index contributed by atoms with van der Waals surface area (Å²) in [5, 5.41) is 15.9. The summed E-state index contributed by atoms with van der Waals surface area (Å²) in [6.07, 6.45) is 4.92. The molecule has 0 spiro atoms. The van der Waals surface area contributed by atoms with E-state index in [1.54, 1.807) is 11.3 Å². The highest BCUT2D eigenvalue weighted by atomic mass is 32.1. The van der Waals surface area contributed by atoms with E-state index >= 15 is 0 Å². The molecule has 0 unspecified atom stereocenters. The van der Waals surface area contributed by atoms with Crippen molar-refractivity contribution in [2.45, 2.75) is 90.3 Å². The van der Waals surface area contributed by atoms with Gasteiger partial charge in [0.2, 0.25) is 17.7 Å². The molecule has 7 heteroatoms. The fourth-order valence-electron chi connectivity index (χ4n) is 4.54. The van der Waals surface area contributed by atoms with Crippen LogP contribution in [0.1, 0.15) is 72.6 Å². The van der Waals surface area contributed by atoms with Crippen LogP contribution in [0.5, 0.6) is 0 Å². The SMILES string of the molecule is CCCCN(C(=O)CCc1nnc(-c2ccsc2)o1)C1CC(C)(C)NC(C)(C)C1. The van der Waals surface area contributed by atoms with E-state index < -0.39 is 0 Å². The zero-order chi connectivity index (χ0) is 21.1. The molecule has 0 aliphatic carbocycles. The maximum atomic E-state index is 13.2. The zero-order valence-corrected chi connectivity index (χ0v) is 19.1. The zero-order valence-electron chi connectivity index (χ0n) is 18.3. The van der Waals surface area contributed by atoms with Crippen LogP contribution in [-0.2, 0) is 11.2 Å². The first-order valence-electron chi connectivity index (χ1n) is 10.6. The Morgan fingerprint density at radius 2 is 2.00 bits per heavy atom. The van der Waals surface area contributed by atoms with Gasteiger partial charge in [-0.1, -0.05) is 13.3 Å². The lowest BCUT2D eigenvalue weighted by molar-refractivity contribution is -0.135. The summed E-state index contributed by atoms with van der Waals surface area (Å²) >= 11 is 1.60. The fraction of sp³-hybridized carbons (Fsp3) is 0.682. The smallest absolute Gasteiger partial charge is 0.248 e. The van der Waals surface area contributed by atoms with Gasteiger partial charge >= 0.3 is 0 Å². The monoisotopic (exact) mass is 418 g/mol. The number of nitrogens with zero attached hydrogens (tertiary/aromatic N) is 3. The molecule has 0 radical (unpaired) electrons. The lowest BCUT2D eigenvalue weighted by Gasteiger charge is -2.49. The van der Waals surface area contributed by atoms with Crippen LogP contribution in [0.2, 0.25) is 0 Å². The van der Waals surface area contributed by atoms with Crippen molar-refractivity contribution < 1.29 is 9.21 Å². The molecule has 1 saturated heterocycles. The standard InChI is InChI=1S/C22H34N4O2S/c1-6-7-11-26(17-13-21(2,3)25-22(4,5)14-17)19(27)9-8-18-23-24-20(28-18)16-10-12-29-15-16/h10,12,15,17,25H,6-9,11,13-14H2,1-5H3. The molecule has 0 aromatic carbocycles. The quantitative estimate of drug-likeness (QED) is 0.674. The Bertz CT molecular complexity index is 782. The number of thiophene rings is 1. The molecular weight excluding hydrogens is 384 g/mol. The van der Waals surface area contributed by atoms with Crippen molar-refractivity contribution in [1.82, 2.24) is 20.4 Å². The molecule has 1 fully saturated rings. The number of rotatable bonds is 8. The first-order chi connectivity index (χ1) is 13.7. The van der Waals surface area contributed by atoms with Gasteiger partial charge in [-0.05, 0) is 58.4 Å². The first-order valence-corrected chi connectivity index (χ1v) is 11.6. The Hall–Kier alpha value is -1.73. The molecule has 2 aromatic rings. The van der Waals surface area contributed by atoms with Gasteiger partial charge in [-0.2, -0.15) is 11.3 Å². The molecular formula is C22H34N4O2S. The highest BCUT2D eigenvalue weighted by molar-refractivity contribution is 7.08. The van der Waals surface area contributed by atoms with Gasteiger partial charge in [0.15, 0.2) is 0 Å². The van der Waals surface area contributed by atoms with Crippen LogP contribution in [0, 0.1) is 0 Å². The summed E-state index contributed by atoms with van der Waals surface area (Å²) in [5.74, 6) is 1.24. The van der Waals surface area contributed by atoms with Gasteiger partial charge in [-0.25, -0.2) is 0 Å². The molecule has 29 heavy (non-hydrogen) atoms. The van der Waals surface area contributed by atoms with Crippen molar-refractivity contribution in [3.8, 4) is 11.5 Å². The third kappa shape index (κ3) is 5.89. The molecule has 0 saturated carbocycles. The third-order valence-corrected chi connectivity index (χ3v) is 6.15. The molecule has 1 aliphatic rings. The Morgan fingerprint density at radius 1 is 1.28 bits per heavy atom. The van der Waals surface area contributed by atoms with Crippen molar-refractivity contribution in [1.29, 1.82) is 0 Å². The minimum Gasteiger partial charge on any atom is -0.421 e. The van der Waals surface area contributed by atoms with Crippen LogP contribution in [-0.4, -0.2) is 44.7 Å². The maximum absolute atomic E-state index is 13.2. The van der Waals surface area contributed by atoms with Gasteiger partial charge < -0.3 is 14.6 Å². The van der Waals surface area contributed by atoms with Crippen LogP contribution in [0.4, 0.5) is 0 Å². The second-order valence-electron chi connectivity index (χ2n) is 9.41. The summed E-state index contributed by atoms with van der Waals surface area (Å²) in [4.78, 5) is 15.3. The second-order valence-corrected chi connectivity index (χ2v) is 10.2. The van der Waals surface area contributed by atoms with Gasteiger partial charge in [0.25, 0.3) is 0 Å². The topological polar surface area (TPSA) is 71.3 Å².